The Bertz CT molecular complexity index is 1560. The van der Waals surface area contributed by atoms with E-state index in [0.29, 0.717) is 28.2 Å². The average molecular weight is 519 g/mol. The summed E-state index contributed by atoms with van der Waals surface area (Å²) in [7, 11) is -3.80. The molecule has 0 radical (unpaired) electrons. The Hall–Kier alpha value is -4.09. The molecule has 1 aliphatic heterocycles. The maximum absolute atomic E-state index is 13.4. The summed E-state index contributed by atoms with van der Waals surface area (Å²) in [6.07, 6.45) is 4.47. The van der Waals surface area contributed by atoms with E-state index in [0.717, 1.165) is 5.69 Å². The van der Waals surface area contributed by atoms with Crippen LogP contribution in [0.4, 0.5) is 5.69 Å². The second kappa shape index (κ2) is 9.41. The van der Waals surface area contributed by atoms with Gasteiger partial charge in [0, 0.05) is 53.9 Å². The van der Waals surface area contributed by atoms with Crippen LogP contribution < -0.4 is 5.32 Å². The average Bonchev–Trinajstić information content (AvgIpc) is 3.56. The number of hydrogen-bond acceptors (Lipinski definition) is 6. The second-order valence-electron chi connectivity index (χ2n) is 9.56. The number of aromatic amines is 2. The van der Waals surface area contributed by atoms with E-state index in [4.69, 9.17) is 0 Å². The molecule has 11 heteroatoms. The predicted molar refractivity (Wildman–Crippen MR) is 137 cm³/mol. The number of para-hydroxylation sites is 1. The van der Waals surface area contributed by atoms with Crippen molar-refractivity contribution in [2.45, 2.75) is 37.1 Å². The molecule has 190 valence electrons. The number of rotatable bonds is 7. The van der Waals surface area contributed by atoms with Crippen molar-refractivity contribution < 1.29 is 18.0 Å². The highest BCUT2D eigenvalue weighted by molar-refractivity contribution is 7.89. The zero-order valence-electron chi connectivity index (χ0n) is 20.4. The Balaban J connectivity index is 1.42. The summed E-state index contributed by atoms with van der Waals surface area (Å²) in [4.78, 5) is 32.8. The summed E-state index contributed by atoms with van der Waals surface area (Å²) in [5.41, 5.74) is 2.50. The van der Waals surface area contributed by atoms with Crippen LogP contribution in [0.3, 0.4) is 0 Å². The number of hydrogen-bond donors (Lipinski definition) is 3. The third-order valence-electron chi connectivity index (χ3n) is 6.43. The van der Waals surface area contributed by atoms with Gasteiger partial charge < -0.3 is 10.3 Å². The molecule has 0 unspecified atom stereocenters. The lowest BCUT2D eigenvalue weighted by Gasteiger charge is -2.36. The van der Waals surface area contributed by atoms with E-state index in [9.17, 15) is 18.0 Å². The molecule has 4 heterocycles. The highest BCUT2D eigenvalue weighted by Gasteiger charge is 2.41. The quantitative estimate of drug-likeness (QED) is 0.321. The molecule has 1 amide bonds. The Labute approximate surface area is 214 Å². The van der Waals surface area contributed by atoms with E-state index in [2.05, 4.69) is 25.5 Å². The summed E-state index contributed by atoms with van der Waals surface area (Å²) < 4.78 is 28.1. The van der Waals surface area contributed by atoms with Crippen LogP contribution in [0.1, 0.15) is 51.6 Å². The molecule has 3 aromatic heterocycles. The number of carbonyl (C=O) groups excluding carboxylic acids is 2. The molecule has 0 spiro atoms. The summed E-state index contributed by atoms with van der Waals surface area (Å²) in [5, 5.41) is 10.2. The van der Waals surface area contributed by atoms with Crippen molar-refractivity contribution in [3.05, 3.63) is 95.3 Å². The van der Waals surface area contributed by atoms with Crippen LogP contribution in [0.5, 0.6) is 0 Å². The van der Waals surface area contributed by atoms with Crippen LogP contribution in [0.25, 0.3) is 0 Å². The standard InChI is InChI=1S/C26H26N6O4S/c1-26(2)16-32(37(35,36)17-7-5-11-27-14-17)15-19-22(30-31-24(19)26)13-23(33)18-8-3-4-9-20(18)29-25(34)21-10-6-12-28-21/h3-12,14,28H,13,15-16H2,1-2H3,(H,29,34)(H,30,31). The Kier molecular flexibility index (Phi) is 6.26. The molecule has 0 bridgehead atoms. The molecule has 0 atom stereocenters. The highest BCUT2D eigenvalue weighted by Crippen LogP contribution is 2.36. The van der Waals surface area contributed by atoms with Gasteiger partial charge in [-0.25, -0.2) is 8.42 Å². The van der Waals surface area contributed by atoms with Gasteiger partial charge in [0.2, 0.25) is 10.0 Å². The summed E-state index contributed by atoms with van der Waals surface area (Å²) >= 11 is 0. The van der Waals surface area contributed by atoms with E-state index < -0.39 is 15.4 Å². The van der Waals surface area contributed by atoms with Crippen molar-refractivity contribution in [1.29, 1.82) is 0 Å². The first kappa shape index (κ1) is 24.6. The van der Waals surface area contributed by atoms with Gasteiger partial charge in [0.15, 0.2) is 5.78 Å². The minimum absolute atomic E-state index is 0.0332. The molecule has 0 fully saturated rings. The summed E-state index contributed by atoms with van der Waals surface area (Å²) in [5.74, 6) is -0.596. The van der Waals surface area contributed by atoms with Crippen LogP contribution in [-0.2, 0) is 28.4 Å². The zero-order chi connectivity index (χ0) is 26.2. The second-order valence-corrected chi connectivity index (χ2v) is 11.5. The Morgan fingerprint density at radius 3 is 2.65 bits per heavy atom. The highest BCUT2D eigenvalue weighted by atomic mass is 32.2. The van der Waals surface area contributed by atoms with Crippen molar-refractivity contribution in [1.82, 2.24) is 24.5 Å². The SMILES string of the molecule is CC1(C)CN(S(=O)(=O)c2cccnc2)Cc2c1n[nH]c2CC(=O)c1ccccc1NC(=O)c1ccc[nH]1. The predicted octanol–water partition coefficient (Wildman–Crippen LogP) is 3.29. The van der Waals surface area contributed by atoms with Gasteiger partial charge in [0.25, 0.3) is 5.91 Å². The van der Waals surface area contributed by atoms with Crippen LogP contribution in [-0.4, -0.2) is 51.1 Å². The number of carbonyl (C=O) groups is 2. The van der Waals surface area contributed by atoms with E-state index >= 15 is 0 Å². The molecule has 10 nitrogen and oxygen atoms in total. The number of H-pyrrole nitrogens is 2. The fourth-order valence-corrected chi connectivity index (χ4v) is 6.13. The van der Waals surface area contributed by atoms with Crippen LogP contribution in [0.2, 0.25) is 0 Å². The van der Waals surface area contributed by atoms with Gasteiger partial charge in [-0.2, -0.15) is 9.40 Å². The minimum atomic E-state index is -3.80. The fraction of sp³-hybridized carbons (Fsp3) is 0.231. The number of pyridine rings is 1. The van der Waals surface area contributed by atoms with E-state index in [1.54, 1.807) is 48.7 Å². The molecule has 4 aromatic rings. The number of nitrogens with zero attached hydrogens (tertiary/aromatic N) is 3. The van der Waals surface area contributed by atoms with Crippen molar-refractivity contribution in [3.8, 4) is 0 Å². The first-order valence-corrected chi connectivity index (χ1v) is 13.1. The van der Waals surface area contributed by atoms with E-state index in [1.165, 1.54) is 22.8 Å². The maximum Gasteiger partial charge on any atom is 0.272 e. The molecule has 0 saturated heterocycles. The first-order valence-electron chi connectivity index (χ1n) is 11.7. The number of ketones is 1. The van der Waals surface area contributed by atoms with Gasteiger partial charge in [-0.3, -0.25) is 19.7 Å². The largest absolute Gasteiger partial charge is 0.357 e. The Morgan fingerprint density at radius 2 is 1.92 bits per heavy atom. The van der Waals surface area contributed by atoms with Crippen LogP contribution >= 0.6 is 0 Å². The topological polar surface area (TPSA) is 141 Å². The zero-order valence-corrected chi connectivity index (χ0v) is 21.2. The Morgan fingerprint density at radius 1 is 1.11 bits per heavy atom. The number of anilines is 1. The van der Waals surface area contributed by atoms with E-state index in [-0.39, 0.29) is 36.1 Å². The van der Waals surface area contributed by atoms with Gasteiger partial charge in [-0.1, -0.05) is 26.0 Å². The van der Waals surface area contributed by atoms with Gasteiger partial charge in [-0.15, -0.1) is 0 Å². The number of amides is 1. The number of aromatic nitrogens is 4. The molecule has 1 aliphatic rings. The monoisotopic (exact) mass is 518 g/mol. The number of sulfonamides is 1. The molecular weight excluding hydrogens is 492 g/mol. The van der Waals surface area contributed by atoms with Crippen molar-refractivity contribution in [2.24, 2.45) is 0 Å². The molecule has 3 N–H and O–H groups in total. The number of fused-ring (bicyclic) bond motifs is 1. The molecule has 5 rings (SSSR count). The number of Topliss-reactive ketones (excluding diaryl/α,β-unsaturated/α-hetero) is 1. The molecule has 37 heavy (non-hydrogen) atoms. The lowest BCUT2D eigenvalue weighted by molar-refractivity contribution is 0.0992. The van der Waals surface area contributed by atoms with Gasteiger partial charge in [-0.05, 0) is 36.4 Å². The molecule has 0 aliphatic carbocycles. The number of benzene rings is 1. The lowest BCUT2D eigenvalue weighted by atomic mass is 9.83. The van der Waals surface area contributed by atoms with Crippen molar-refractivity contribution in [3.63, 3.8) is 0 Å². The number of nitrogens with one attached hydrogen (secondary N) is 3. The fourth-order valence-electron chi connectivity index (χ4n) is 4.60. The van der Waals surface area contributed by atoms with Crippen LogP contribution in [0, 0.1) is 0 Å². The molecule has 1 aromatic carbocycles. The maximum atomic E-state index is 13.4. The van der Waals surface area contributed by atoms with Gasteiger partial charge in [0.1, 0.15) is 10.6 Å². The van der Waals surface area contributed by atoms with Gasteiger partial charge in [0.05, 0.1) is 17.8 Å². The van der Waals surface area contributed by atoms with E-state index in [1.807, 2.05) is 13.8 Å². The van der Waals surface area contributed by atoms with Crippen molar-refractivity contribution >= 4 is 27.4 Å². The third-order valence-corrected chi connectivity index (χ3v) is 8.20. The summed E-state index contributed by atoms with van der Waals surface area (Å²) in [6, 6.07) is 13.2. The normalized spacial score (nSPS) is 15.2. The summed E-state index contributed by atoms with van der Waals surface area (Å²) in [6.45, 7) is 4.17. The minimum Gasteiger partial charge on any atom is -0.357 e. The van der Waals surface area contributed by atoms with Crippen LogP contribution in [0.15, 0.2) is 72.0 Å². The third kappa shape index (κ3) is 4.70. The smallest absolute Gasteiger partial charge is 0.272 e. The molecular formula is C26H26N6O4S. The lowest BCUT2D eigenvalue weighted by Crippen LogP contribution is -2.45. The van der Waals surface area contributed by atoms with Crippen molar-refractivity contribution in [2.75, 3.05) is 11.9 Å². The molecule has 0 saturated carbocycles. The van der Waals surface area contributed by atoms with Gasteiger partial charge >= 0.3 is 0 Å². The first-order chi connectivity index (χ1) is 17.7.